The molecule has 0 saturated heterocycles. The summed E-state index contributed by atoms with van der Waals surface area (Å²) in [6.07, 6.45) is 2.74. The number of rotatable bonds is 3. The molecule has 0 fully saturated rings. The third-order valence-corrected chi connectivity index (χ3v) is 4.21. The average Bonchev–Trinajstić information content (AvgIpc) is 2.35. The molecule has 1 heterocycles. The van der Waals surface area contributed by atoms with E-state index in [4.69, 9.17) is 0 Å². The largest absolute Gasteiger partial charge is 0.278 e. The number of hydrogen-bond acceptors (Lipinski definition) is 3. The first kappa shape index (κ1) is 13.9. The van der Waals surface area contributed by atoms with Crippen molar-refractivity contribution in [2.45, 2.75) is 4.90 Å². The van der Waals surface area contributed by atoms with Crippen LogP contribution in [-0.4, -0.2) is 13.4 Å². The van der Waals surface area contributed by atoms with Gasteiger partial charge in [0.2, 0.25) is 0 Å². The van der Waals surface area contributed by atoms with Crippen molar-refractivity contribution < 1.29 is 17.2 Å². The molecule has 2 rings (SSSR count). The Hall–Kier alpha value is -1.54. The van der Waals surface area contributed by atoms with Gasteiger partial charge in [0.15, 0.2) is 0 Å². The SMILES string of the molecule is O=S(=O)(Nc1ccncc1Br)c1cc(F)ccc1F. The number of anilines is 1. The highest BCUT2D eigenvalue weighted by molar-refractivity contribution is 9.10. The second-order valence-corrected chi connectivity index (χ2v) is 6.04. The molecule has 8 heteroatoms. The molecular formula is C11H7BrF2N2O2S. The van der Waals surface area contributed by atoms with Gasteiger partial charge in [-0.05, 0) is 40.2 Å². The van der Waals surface area contributed by atoms with Crippen molar-refractivity contribution in [2.24, 2.45) is 0 Å². The van der Waals surface area contributed by atoms with Crippen LogP contribution in [0.3, 0.4) is 0 Å². The number of halogens is 3. The number of nitrogens with one attached hydrogen (secondary N) is 1. The normalized spacial score (nSPS) is 11.3. The smallest absolute Gasteiger partial charge is 0.264 e. The molecule has 0 spiro atoms. The van der Waals surface area contributed by atoms with Gasteiger partial charge < -0.3 is 0 Å². The molecule has 1 N–H and O–H groups in total. The lowest BCUT2D eigenvalue weighted by molar-refractivity contribution is 0.555. The number of nitrogens with zero attached hydrogens (tertiary/aromatic N) is 1. The maximum Gasteiger partial charge on any atom is 0.264 e. The molecule has 1 aromatic carbocycles. The van der Waals surface area contributed by atoms with Crippen molar-refractivity contribution >= 4 is 31.6 Å². The molecule has 0 radical (unpaired) electrons. The second-order valence-electron chi connectivity index (χ2n) is 3.54. The van der Waals surface area contributed by atoms with E-state index in [9.17, 15) is 17.2 Å². The van der Waals surface area contributed by atoms with Crippen LogP contribution >= 0.6 is 15.9 Å². The summed E-state index contributed by atoms with van der Waals surface area (Å²) in [6.45, 7) is 0. The van der Waals surface area contributed by atoms with Crippen molar-refractivity contribution in [1.29, 1.82) is 0 Å². The zero-order chi connectivity index (χ0) is 14.0. The summed E-state index contributed by atoms with van der Waals surface area (Å²) >= 11 is 3.10. The fourth-order valence-corrected chi connectivity index (χ4v) is 2.99. The van der Waals surface area contributed by atoms with Crippen molar-refractivity contribution in [3.63, 3.8) is 0 Å². The third kappa shape index (κ3) is 3.07. The summed E-state index contributed by atoms with van der Waals surface area (Å²) < 4.78 is 52.9. The Bertz CT molecular complexity index is 722. The Kier molecular flexibility index (Phi) is 3.81. The summed E-state index contributed by atoms with van der Waals surface area (Å²) in [6, 6.07) is 3.60. The monoisotopic (exact) mass is 348 g/mol. The predicted octanol–water partition coefficient (Wildman–Crippen LogP) is 2.92. The molecule has 1 aromatic heterocycles. The number of hydrogen-bond donors (Lipinski definition) is 1. The maximum atomic E-state index is 13.5. The topological polar surface area (TPSA) is 59.1 Å². The molecule has 19 heavy (non-hydrogen) atoms. The van der Waals surface area contributed by atoms with Crippen molar-refractivity contribution in [1.82, 2.24) is 4.98 Å². The molecule has 0 unspecified atom stereocenters. The molecule has 0 aliphatic rings. The van der Waals surface area contributed by atoms with Crippen molar-refractivity contribution in [2.75, 3.05) is 4.72 Å². The molecule has 0 atom stereocenters. The van der Waals surface area contributed by atoms with E-state index in [0.717, 1.165) is 12.1 Å². The van der Waals surface area contributed by atoms with E-state index in [2.05, 4.69) is 25.6 Å². The van der Waals surface area contributed by atoms with E-state index in [0.29, 0.717) is 10.5 Å². The van der Waals surface area contributed by atoms with Crippen LogP contribution < -0.4 is 4.72 Å². The fourth-order valence-electron chi connectivity index (χ4n) is 1.34. The van der Waals surface area contributed by atoms with E-state index in [1.165, 1.54) is 18.5 Å². The van der Waals surface area contributed by atoms with Gasteiger partial charge in [0.1, 0.15) is 16.5 Å². The molecular weight excluding hydrogens is 342 g/mol. The summed E-state index contributed by atoms with van der Waals surface area (Å²) in [5.41, 5.74) is 0.179. The summed E-state index contributed by atoms with van der Waals surface area (Å²) in [7, 11) is -4.21. The van der Waals surface area contributed by atoms with Gasteiger partial charge in [0.05, 0.1) is 10.2 Å². The quantitative estimate of drug-likeness (QED) is 0.927. The molecule has 0 aliphatic heterocycles. The highest BCUT2D eigenvalue weighted by atomic mass is 79.9. The first-order valence-corrected chi connectivity index (χ1v) is 7.25. The molecule has 0 saturated carbocycles. The zero-order valence-electron chi connectivity index (χ0n) is 9.27. The summed E-state index contributed by atoms with van der Waals surface area (Å²) in [5.74, 6) is -1.87. The summed E-state index contributed by atoms with van der Waals surface area (Å²) in [5, 5.41) is 0. The molecule has 100 valence electrons. The Morgan fingerprint density at radius 2 is 1.95 bits per heavy atom. The Balaban J connectivity index is 2.44. The number of benzene rings is 1. The Labute approximate surface area is 116 Å². The predicted molar refractivity (Wildman–Crippen MR) is 69.1 cm³/mol. The van der Waals surface area contributed by atoms with Gasteiger partial charge in [-0.1, -0.05) is 0 Å². The van der Waals surface area contributed by atoms with Crippen LogP contribution in [0.15, 0.2) is 46.0 Å². The minimum atomic E-state index is -4.21. The van der Waals surface area contributed by atoms with Gasteiger partial charge in [-0.2, -0.15) is 0 Å². The average molecular weight is 349 g/mol. The number of pyridine rings is 1. The van der Waals surface area contributed by atoms with E-state index in [1.807, 2.05) is 0 Å². The highest BCUT2D eigenvalue weighted by Crippen LogP contribution is 2.24. The Morgan fingerprint density at radius 3 is 2.63 bits per heavy atom. The molecule has 4 nitrogen and oxygen atoms in total. The molecule has 0 bridgehead atoms. The minimum absolute atomic E-state index is 0.179. The zero-order valence-corrected chi connectivity index (χ0v) is 11.7. The van der Waals surface area contributed by atoms with Crippen LogP contribution in [0.1, 0.15) is 0 Å². The van der Waals surface area contributed by atoms with Gasteiger partial charge >= 0.3 is 0 Å². The lowest BCUT2D eigenvalue weighted by Gasteiger charge is -2.10. The van der Waals surface area contributed by atoms with Gasteiger partial charge in [-0.15, -0.1) is 0 Å². The molecule has 0 aliphatic carbocycles. The lowest BCUT2D eigenvalue weighted by atomic mass is 10.3. The van der Waals surface area contributed by atoms with Crippen LogP contribution in [0.25, 0.3) is 0 Å². The molecule has 0 amide bonds. The van der Waals surface area contributed by atoms with Crippen LogP contribution in [0, 0.1) is 11.6 Å². The van der Waals surface area contributed by atoms with Crippen LogP contribution in [0.4, 0.5) is 14.5 Å². The van der Waals surface area contributed by atoms with Crippen LogP contribution in [-0.2, 0) is 10.0 Å². The van der Waals surface area contributed by atoms with E-state index < -0.39 is 26.6 Å². The number of aromatic nitrogens is 1. The standard InChI is InChI=1S/C11H7BrF2N2O2S/c12-8-6-15-4-3-10(8)16-19(17,18)11-5-7(13)1-2-9(11)14/h1-6H,(H,15,16). The van der Waals surface area contributed by atoms with Crippen LogP contribution in [0.2, 0.25) is 0 Å². The van der Waals surface area contributed by atoms with Crippen molar-refractivity contribution in [3.8, 4) is 0 Å². The fraction of sp³-hybridized carbons (Fsp3) is 0. The first-order valence-electron chi connectivity index (χ1n) is 4.97. The molecule has 2 aromatic rings. The third-order valence-electron chi connectivity index (χ3n) is 2.20. The van der Waals surface area contributed by atoms with E-state index in [1.54, 1.807) is 0 Å². The maximum absolute atomic E-state index is 13.5. The van der Waals surface area contributed by atoms with E-state index in [-0.39, 0.29) is 5.69 Å². The van der Waals surface area contributed by atoms with Crippen LogP contribution in [0.5, 0.6) is 0 Å². The van der Waals surface area contributed by atoms with Gasteiger partial charge in [-0.3, -0.25) is 9.71 Å². The van der Waals surface area contributed by atoms with E-state index >= 15 is 0 Å². The van der Waals surface area contributed by atoms with Gasteiger partial charge in [0.25, 0.3) is 10.0 Å². The highest BCUT2D eigenvalue weighted by Gasteiger charge is 2.20. The minimum Gasteiger partial charge on any atom is -0.278 e. The lowest BCUT2D eigenvalue weighted by Crippen LogP contribution is -2.15. The Morgan fingerprint density at radius 1 is 1.21 bits per heavy atom. The van der Waals surface area contributed by atoms with Crippen molar-refractivity contribution in [3.05, 3.63) is 52.8 Å². The second kappa shape index (κ2) is 5.22. The number of sulfonamides is 1. The van der Waals surface area contributed by atoms with Gasteiger partial charge in [0, 0.05) is 12.4 Å². The first-order chi connectivity index (χ1) is 8.90. The summed E-state index contributed by atoms with van der Waals surface area (Å²) in [4.78, 5) is 3.01. The van der Waals surface area contributed by atoms with Gasteiger partial charge in [-0.25, -0.2) is 17.2 Å².